The molecule has 0 radical (unpaired) electrons. The van der Waals surface area contributed by atoms with Gasteiger partial charge in [-0.3, -0.25) is 14.4 Å². The number of unbranched alkanes of at least 4 members (excludes halogenated alkanes) is 1. The number of aliphatic carboxylic acids is 1. The number of carboxylic acid groups (broad SMARTS) is 1. The number of thiol groups is 1. The average molecular weight is 434 g/mol. The standard InChI is InChI=1S/C17H31N5O6S/c18-6-2-1-4-11(20-14(24)10(19)9-29)16(26)22-7-3-5-13(22)15(25)21-12(8-23)17(27)28/h10-13,23,29H,1-9,18-19H2,(H,20,24)(H,21,25)(H,27,28). The zero-order valence-electron chi connectivity index (χ0n) is 16.2. The van der Waals surface area contributed by atoms with E-state index >= 15 is 0 Å². The van der Waals surface area contributed by atoms with Gasteiger partial charge in [-0.25, -0.2) is 4.79 Å². The Morgan fingerprint density at radius 3 is 2.41 bits per heavy atom. The monoisotopic (exact) mass is 433 g/mol. The number of hydrogen-bond donors (Lipinski definition) is 7. The second-order valence-corrected chi connectivity index (χ2v) is 7.27. The molecule has 1 aliphatic heterocycles. The highest BCUT2D eigenvalue weighted by molar-refractivity contribution is 7.80. The molecule has 4 atom stereocenters. The number of nitrogens with one attached hydrogen (secondary N) is 2. The van der Waals surface area contributed by atoms with E-state index in [2.05, 4.69) is 23.3 Å². The maximum Gasteiger partial charge on any atom is 0.328 e. The highest BCUT2D eigenvalue weighted by atomic mass is 32.1. The van der Waals surface area contributed by atoms with Gasteiger partial charge >= 0.3 is 5.97 Å². The molecule has 12 heteroatoms. The predicted molar refractivity (Wildman–Crippen MR) is 108 cm³/mol. The highest BCUT2D eigenvalue weighted by Gasteiger charge is 2.38. The lowest BCUT2D eigenvalue weighted by molar-refractivity contribution is -0.145. The second kappa shape index (κ2) is 12.6. The lowest BCUT2D eigenvalue weighted by atomic mass is 10.1. The van der Waals surface area contributed by atoms with Gasteiger partial charge in [0.1, 0.15) is 18.1 Å². The number of nitrogens with two attached hydrogens (primary N) is 2. The van der Waals surface area contributed by atoms with Crippen LogP contribution in [0.3, 0.4) is 0 Å². The SMILES string of the molecule is NCCCCC(NC(=O)C(N)CS)C(=O)N1CCCC1C(=O)NC(CO)C(=O)O. The summed E-state index contributed by atoms with van der Waals surface area (Å²) in [7, 11) is 0. The van der Waals surface area contributed by atoms with Gasteiger partial charge < -0.3 is 37.2 Å². The van der Waals surface area contributed by atoms with Crippen molar-refractivity contribution in [1.29, 1.82) is 0 Å². The molecule has 1 saturated heterocycles. The first kappa shape index (κ1) is 25.1. The van der Waals surface area contributed by atoms with Crippen molar-refractivity contribution in [1.82, 2.24) is 15.5 Å². The van der Waals surface area contributed by atoms with E-state index in [-0.39, 0.29) is 5.75 Å². The van der Waals surface area contributed by atoms with Gasteiger partial charge in [-0.15, -0.1) is 0 Å². The molecule has 4 unspecified atom stereocenters. The van der Waals surface area contributed by atoms with Crippen molar-refractivity contribution in [3.8, 4) is 0 Å². The third-order valence-corrected chi connectivity index (χ3v) is 5.12. The summed E-state index contributed by atoms with van der Waals surface area (Å²) in [5.41, 5.74) is 11.2. The molecule has 0 spiro atoms. The first-order chi connectivity index (χ1) is 13.8. The molecule has 0 aromatic carbocycles. The van der Waals surface area contributed by atoms with Crippen LogP contribution in [0.1, 0.15) is 32.1 Å². The predicted octanol–water partition coefficient (Wildman–Crippen LogP) is -2.59. The van der Waals surface area contributed by atoms with Crippen molar-refractivity contribution >= 4 is 36.3 Å². The maximum absolute atomic E-state index is 13.1. The minimum Gasteiger partial charge on any atom is -0.480 e. The van der Waals surface area contributed by atoms with Crippen molar-refractivity contribution in [2.45, 2.75) is 56.3 Å². The van der Waals surface area contributed by atoms with Crippen LogP contribution in [0.2, 0.25) is 0 Å². The Kier molecular flexibility index (Phi) is 10.9. The van der Waals surface area contributed by atoms with E-state index in [1.165, 1.54) is 4.90 Å². The Bertz CT molecular complexity index is 593. The number of carbonyl (C=O) groups excluding carboxylic acids is 3. The van der Waals surface area contributed by atoms with E-state index in [0.717, 1.165) is 0 Å². The largest absolute Gasteiger partial charge is 0.480 e. The summed E-state index contributed by atoms with van der Waals surface area (Å²) in [6.07, 6.45) is 2.51. The van der Waals surface area contributed by atoms with Crippen LogP contribution in [0.4, 0.5) is 0 Å². The summed E-state index contributed by atoms with van der Waals surface area (Å²) in [6, 6.07) is -4.07. The van der Waals surface area contributed by atoms with Crippen LogP contribution >= 0.6 is 12.6 Å². The number of carbonyl (C=O) groups is 4. The lowest BCUT2D eigenvalue weighted by Gasteiger charge is -2.29. The number of aliphatic hydroxyl groups excluding tert-OH is 1. The number of amides is 3. The van der Waals surface area contributed by atoms with Crippen LogP contribution in [0.15, 0.2) is 0 Å². The summed E-state index contributed by atoms with van der Waals surface area (Å²) in [4.78, 5) is 50.1. The molecule has 8 N–H and O–H groups in total. The number of aliphatic hydroxyl groups is 1. The average Bonchev–Trinajstić information content (AvgIpc) is 3.19. The molecule has 1 rings (SSSR count). The van der Waals surface area contributed by atoms with E-state index < -0.39 is 54.5 Å². The Labute approximate surface area is 175 Å². The van der Waals surface area contributed by atoms with Gasteiger partial charge in [0.15, 0.2) is 0 Å². The Hall–Kier alpha value is -1.89. The normalized spacial score (nSPS) is 19.3. The number of rotatable bonds is 12. The van der Waals surface area contributed by atoms with Gasteiger partial charge in [0, 0.05) is 12.3 Å². The van der Waals surface area contributed by atoms with Crippen LogP contribution < -0.4 is 22.1 Å². The zero-order valence-corrected chi connectivity index (χ0v) is 17.1. The molecule has 166 valence electrons. The minimum absolute atomic E-state index is 0.113. The van der Waals surface area contributed by atoms with E-state index in [4.69, 9.17) is 21.7 Å². The molecular formula is C17H31N5O6S. The number of nitrogens with zero attached hydrogens (tertiary/aromatic N) is 1. The Morgan fingerprint density at radius 2 is 1.86 bits per heavy atom. The molecule has 1 heterocycles. The van der Waals surface area contributed by atoms with Gasteiger partial charge in [-0.2, -0.15) is 12.6 Å². The fourth-order valence-electron chi connectivity index (χ4n) is 3.07. The van der Waals surface area contributed by atoms with Gasteiger partial charge in [0.2, 0.25) is 17.7 Å². The molecule has 0 saturated carbocycles. The van der Waals surface area contributed by atoms with Gasteiger partial charge in [-0.05, 0) is 38.6 Å². The topological polar surface area (TPSA) is 188 Å². The van der Waals surface area contributed by atoms with E-state index in [9.17, 15) is 19.2 Å². The summed E-state index contributed by atoms with van der Waals surface area (Å²) in [5.74, 6) is -2.87. The molecule has 0 bridgehead atoms. The first-order valence-corrected chi connectivity index (χ1v) is 10.2. The van der Waals surface area contributed by atoms with Crippen LogP contribution in [0, 0.1) is 0 Å². The van der Waals surface area contributed by atoms with Crippen molar-refractivity contribution in [3.05, 3.63) is 0 Å². The molecule has 0 aromatic heterocycles. The molecule has 1 fully saturated rings. The van der Waals surface area contributed by atoms with Crippen molar-refractivity contribution in [3.63, 3.8) is 0 Å². The molecule has 11 nitrogen and oxygen atoms in total. The third-order valence-electron chi connectivity index (χ3n) is 4.73. The van der Waals surface area contributed by atoms with Gasteiger partial charge in [0.25, 0.3) is 0 Å². The van der Waals surface area contributed by atoms with E-state index in [0.29, 0.717) is 45.2 Å². The van der Waals surface area contributed by atoms with Gasteiger partial charge in [0.05, 0.1) is 12.6 Å². The van der Waals surface area contributed by atoms with Crippen LogP contribution in [-0.2, 0) is 19.2 Å². The van der Waals surface area contributed by atoms with Crippen LogP contribution in [0.5, 0.6) is 0 Å². The quantitative estimate of drug-likeness (QED) is 0.129. The minimum atomic E-state index is -1.45. The highest BCUT2D eigenvalue weighted by Crippen LogP contribution is 2.20. The summed E-state index contributed by atoms with van der Waals surface area (Å²) in [6.45, 7) is -0.0196. The van der Waals surface area contributed by atoms with E-state index in [1.54, 1.807) is 0 Å². The number of likely N-dealkylation sites (tertiary alicyclic amines) is 1. The summed E-state index contributed by atoms with van der Waals surface area (Å²) < 4.78 is 0. The number of carboxylic acids is 1. The van der Waals surface area contributed by atoms with Crippen molar-refractivity contribution in [2.75, 3.05) is 25.4 Å². The lowest BCUT2D eigenvalue weighted by Crippen LogP contribution is -2.57. The molecule has 1 aliphatic rings. The fourth-order valence-corrected chi connectivity index (χ4v) is 3.23. The smallest absolute Gasteiger partial charge is 0.328 e. The van der Waals surface area contributed by atoms with Crippen LogP contribution in [-0.4, -0.2) is 88.4 Å². The van der Waals surface area contributed by atoms with Crippen LogP contribution in [0.25, 0.3) is 0 Å². The Balaban J connectivity index is 2.89. The zero-order chi connectivity index (χ0) is 22.0. The molecule has 3 amide bonds. The Morgan fingerprint density at radius 1 is 1.17 bits per heavy atom. The molecule has 29 heavy (non-hydrogen) atoms. The molecule has 0 aromatic rings. The van der Waals surface area contributed by atoms with E-state index in [1.807, 2.05) is 0 Å². The third kappa shape index (κ3) is 7.46. The molecular weight excluding hydrogens is 402 g/mol. The van der Waals surface area contributed by atoms with Crippen molar-refractivity contribution < 1.29 is 29.4 Å². The maximum atomic E-state index is 13.1. The molecule has 0 aliphatic carbocycles. The number of hydrogen-bond acceptors (Lipinski definition) is 8. The second-order valence-electron chi connectivity index (χ2n) is 6.91. The van der Waals surface area contributed by atoms with Gasteiger partial charge in [-0.1, -0.05) is 0 Å². The fraction of sp³-hybridized carbons (Fsp3) is 0.765. The first-order valence-electron chi connectivity index (χ1n) is 9.58. The summed E-state index contributed by atoms with van der Waals surface area (Å²) in [5, 5.41) is 22.9. The van der Waals surface area contributed by atoms with Crippen molar-refractivity contribution in [2.24, 2.45) is 11.5 Å². The summed E-state index contributed by atoms with van der Waals surface area (Å²) >= 11 is 3.98.